The summed E-state index contributed by atoms with van der Waals surface area (Å²) in [6.07, 6.45) is 2.98. The number of hydrogen-bond donors (Lipinski definition) is 3. The van der Waals surface area contributed by atoms with Gasteiger partial charge in [-0.05, 0) is 26.3 Å². The van der Waals surface area contributed by atoms with E-state index in [1.54, 1.807) is 14.0 Å². The van der Waals surface area contributed by atoms with Gasteiger partial charge in [0, 0.05) is 32.2 Å². The zero-order chi connectivity index (χ0) is 15.7. The molecule has 1 aliphatic heterocycles. The normalized spacial score (nSPS) is 20.0. The van der Waals surface area contributed by atoms with Gasteiger partial charge in [0.15, 0.2) is 0 Å². The summed E-state index contributed by atoms with van der Waals surface area (Å²) < 4.78 is 31.7. The molecule has 2 unspecified atom stereocenters. The molecule has 1 saturated heterocycles. The number of carbonyl (C=O) groups is 1. The van der Waals surface area contributed by atoms with E-state index >= 15 is 0 Å². The lowest BCUT2D eigenvalue weighted by molar-refractivity contribution is -0.124. The number of sulfonamides is 1. The van der Waals surface area contributed by atoms with Crippen molar-refractivity contribution < 1.29 is 17.9 Å². The highest BCUT2D eigenvalue weighted by molar-refractivity contribution is 7.89. The summed E-state index contributed by atoms with van der Waals surface area (Å²) in [5.41, 5.74) is 0. The van der Waals surface area contributed by atoms with Crippen LogP contribution in [0.4, 0.5) is 0 Å². The number of ether oxygens (including phenoxy) is 1. The van der Waals surface area contributed by atoms with Gasteiger partial charge in [0.05, 0.1) is 11.9 Å². The summed E-state index contributed by atoms with van der Waals surface area (Å²) in [5.74, 6) is -0.436. The average Bonchev–Trinajstić information content (AvgIpc) is 2.46. The Morgan fingerprint density at radius 1 is 1.36 bits per heavy atom. The molecule has 1 fully saturated rings. The second-order valence-corrected chi connectivity index (χ2v) is 7.33. The summed E-state index contributed by atoms with van der Waals surface area (Å²) in [7, 11) is -1.61. The van der Waals surface area contributed by atoms with Crippen LogP contribution in [0.1, 0.15) is 26.2 Å². The summed E-state index contributed by atoms with van der Waals surface area (Å²) in [5, 5.41) is 5.54. The first kappa shape index (κ1) is 21.6. The van der Waals surface area contributed by atoms with Crippen LogP contribution < -0.4 is 15.4 Å². The number of amides is 1. The number of carbonyl (C=O) groups excluding carboxylic acids is 1. The molecule has 132 valence electrons. The van der Waals surface area contributed by atoms with Crippen LogP contribution in [0.2, 0.25) is 0 Å². The van der Waals surface area contributed by atoms with E-state index in [2.05, 4.69) is 15.4 Å². The fourth-order valence-corrected chi connectivity index (χ4v) is 3.10. The Balaban J connectivity index is 0.00000441. The van der Waals surface area contributed by atoms with Gasteiger partial charge in [-0.1, -0.05) is 6.92 Å². The lowest BCUT2D eigenvalue weighted by Crippen LogP contribution is -2.41. The summed E-state index contributed by atoms with van der Waals surface area (Å²) in [4.78, 5) is 11.6. The number of rotatable bonds is 9. The average molecular weight is 358 g/mol. The first-order valence-corrected chi connectivity index (χ1v) is 9.11. The topological polar surface area (TPSA) is 96.5 Å². The smallest absolute Gasteiger partial charge is 0.224 e. The second kappa shape index (κ2) is 11.2. The molecule has 0 radical (unpaired) electrons. The highest BCUT2D eigenvalue weighted by Gasteiger charge is 2.18. The van der Waals surface area contributed by atoms with Gasteiger partial charge in [-0.2, -0.15) is 0 Å². The second-order valence-electron chi connectivity index (χ2n) is 5.41. The fraction of sp³-hybridized carbons (Fsp3) is 0.923. The molecule has 0 aromatic heterocycles. The van der Waals surface area contributed by atoms with Crippen LogP contribution >= 0.6 is 12.4 Å². The van der Waals surface area contributed by atoms with E-state index in [9.17, 15) is 13.2 Å². The van der Waals surface area contributed by atoms with Crippen molar-refractivity contribution in [2.75, 3.05) is 39.0 Å². The van der Waals surface area contributed by atoms with Crippen LogP contribution in [0.25, 0.3) is 0 Å². The minimum atomic E-state index is -3.37. The standard InChI is InChI=1S/C13H27N3O4S.ClH/c1-11(9-14-2)13(17)15-6-8-21(18,19)16-10-12-5-3-4-7-20-12;/h11-12,14,16H,3-10H2,1-2H3,(H,15,17);1H. The van der Waals surface area contributed by atoms with Crippen molar-refractivity contribution in [1.82, 2.24) is 15.4 Å². The van der Waals surface area contributed by atoms with E-state index < -0.39 is 10.0 Å². The molecule has 2 atom stereocenters. The first-order chi connectivity index (χ1) is 9.94. The highest BCUT2D eigenvalue weighted by Crippen LogP contribution is 2.11. The maximum Gasteiger partial charge on any atom is 0.224 e. The summed E-state index contributed by atoms with van der Waals surface area (Å²) >= 11 is 0. The number of halogens is 1. The van der Waals surface area contributed by atoms with Gasteiger partial charge >= 0.3 is 0 Å². The molecule has 7 nitrogen and oxygen atoms in total. The Hall–Kier alpha value is -0.410. The lowest BCUT2D eigenvalue weighted by Gasteiger charge is -2.22. The molecule has 0 aliphatic carbocycles. The van der Waals surface area contributed by atoms with Crippen molar-refractivity contribution in [2.24, 2.45) is 5.92 Å². The first-order valence-electron chi connectivity index (χ1n) is 7.46. The third-order valence-electron chi connectivity index (χ3n) is 3.43. The van der Waals surface area contributed by atoms with E-state index in [1.807, 2.05) is 0 Å². The van der Waals surface area contributed by atoms with Gasteiger partial charge in [-0.3, -0.25) is 4.79 Å². The predicted octanol–water partition coefficient (Wildman–Crippen LogP) is -0.132. The number of hydrogen-bond acceptors (Lipinski definition) is 5. The van der Waals surface area contributed by atoms with Crippen molar-refractivity contribution in [3.05, 3.63) is 0 Å². The zero-order valence-electron chi connectivity index (χ0n) is 13.3. The van der Waals surface area contributed by atoms with Crippen LogP contribution in [0.15, 0.2) is 0 Å². The van der Waals surface area contributed by atoms with Crippen LogP contribution in [0, 0.1) is 5.92 Å². The molecule has 3 N–H and O–H groups in total. The molecule has 1 rings (SSSR count). The third-order valence-corrected chi connectivity index (χ3v) is 4.78. The number of nitrogens with one attached hydrogen (secondary N) is 3. The Kier molecular flexibility index (Phi) is 11.0. The Bertz CT molecular complexity index is 414. The van der Waals surface area contributed by atoms with Crippen LogP contribution in [-0.4, -0.2) is 59.5 Å². The lowest BCUT2D eigenvalue weighted by atomic mass is 10.1. The largest absolute Gasteiger partial charge is 0.377 e. The van der Waals surface area contributed by atoms with Crippen LogP contribution in [-0.2, 0) is 19.6 Å². The minimum absolute atomic E-state index is 0. The zero-order valence-corrected chi connectivity index (χ0v) is 14.9. The van der Waals surface area contributed by atoms with Gasteiger partial charge in [-0.15, -0.1) is 12.4 Å². The van der Waals surface area contributed by atoms with Crippen molar-refractivity contribution in [2.45, 2.75) is 32.3 Å². The van der Waals surface area contributed by atoms with E-state index in [0.29, 0.717) is 19.7 Å². The molecule has 0 spiro atoms. The molecule has 0 aromatic rings. The Labute approximate surface area is 139 Å². The molecule has 1 aliphatic rings. The van der Waals surface area contributed by atoms with Gasteiger partial charge < -0.3 is 15.4 Å². The van der Waals surface area contributed by atoms with E-state index in [4.69, 9.17) is 4.74 Å². The molecular weight excluding hydrogens is 330 g/mol. The van der Waals surface area contributed by atoms with E-state index in [0.717, 1.165) is 19.3 Å². The van der Waals surface area contributed by atoms with E-state index in [-0.39, 0.29) is 42.6 Å². The summed E-state index contributed by atoms with van der Waals surface area (Å²) in [6, 6.07) is 0. The molecule has 1 amide bonds. The van der Waals surface area contributed by atoms with Crippen molar-refractivity contribution in [3.8, 4) is 0 Å². The molecule has 0 aromatic carbocycles. The van der Waals surface area contributed by atoms with Crippen molar-refractivity contribution >= 4 is 28.3 Å². The predicted molar refractivity (Wildman–Crippen MR) is 88.7 cm³/mol. The highest BCUT2D eigenvalue weighted by atomic mass is 35.5. The molecular formula is C13H28ClN3O4S. The molecule has 9 heteroatoms. The van der Waals surface area contributed by atoms with Crippen molar-refractivity contribution in [1.29, 1.82) is 0 Å². The Morgan fingerprint density at radius 2 is 2.09 bits per heavy atom. The quantitative estimate of drug-likeness (QED) is 0.534. The van der Waals surface area contributed by atoms with Crippen LogP contribution in [0.3, 0.4) is 0 Å². The van der Waals surface area contributed by atoms with Crippen LogP contribution in [0.5, 0.6) is 0 Å². The molecule has 22 heavy (non-hydrogen) atoms. The maximum absolute atomic E-state index is 11.8. The SMILES string of the molecule is CNCC(C)C(=O)NCCS(=O)(=O)NCC1CCCCO1.Cl. The van der Waals surface area contributed by atoms with Gasteiger partial charge in [0.1, 0.15) is 0 Å². The van der Waals surface area contributed by atoms with Gasteiger partial charge in [0.25, 0.3) is 0 Å². The monoisotopic (exact) mass is 357 g/mol. The maximum atomic E-state index is 11.8. The summed E-state index contributed by atoms with van der Waals surface area (Å²) in [6.45, 7) is 3.49. The van der Waals surface area contributed by atoms with Gasteiger partial charge in [0.2, 0.25) is 15.9 Å². The van der Waals surface area contributed by atoms with Crippen molar-refractivity contribution in [3.63, 3.8) is 0 Å². The minimum Gasteiger partial charge on any atom is -0.377 e. The van der Waals surface area contributed by atoms with Gasteiger partial charge in [-0.25, -0.2) is 13.1 Å². The molecule has 1 heterocycles. The Morgan fingerprint density at radius 3 is 2.68 bits per heavy atom. The van der Waals surface area contributed by atoms with E-state index in [1.165, 1.54) is 0 Å². The molecule has 0 saturated carbocycles. The third kappa shape index (κ3) is 8.89. The molecule has 0 bridgehead atoms. The fourth-order valence-electron chi connectivity index (χ4n) is 2.14.